The second kappa shape index (κ2) is 7.11. The number of anilines is 3. The number of rotatable bonds is 5. The van der Waals surface area contributed by atoms with E-state index in [1.165, 1.54) is 0 Å². The van der Waals surface area contributed by atoms with E-state index < -0.39 is 0 Å². The summed E-state index contributed by atoms with van der Waals surface area (Å²) < 4.78 is 0. The molecule has 0 spiro atoms. The molecule has 116 valence electrons. The van der Waals surface area contributed by atoms with E-state index in [-0.39, 0.29) is 0 Å². The van der Waals surface area contributed by atoms with E-state index >= 15 is 0 Å². The second-order valence-corrected chi connectivity index (χ2v) is 5.37. The molecule has 0 saturated carbocycles. The molecule has 5 heteroatoms. The van der Waals surface area contributed by atoms with E-state index in [1.807, 2.05) is 67.6 Å². The Morgan fingerprint density at radius 3 is 2.43 bits per heavy atom. The van der Waals surface area contributed by atoms with Gasteiger partial charge in [0.1, 0.15) is 5.82 Å². The van der Waals surface area contributed by atoms with Crippen molar-refractivity contribution in [1.29, 1.82) is 0 Å². The highest BCUT2D eigenvalue weighted by atomic mass is 35.5. The van der Waals surface area contributed by atoms with E-state index in [4.69, 9.17) is 11.6 Å². The third-order valence-corrected chi connectivity index (χ3v) is 3.60. The largest absolute Gasteiger partial charge is 0.354 e. The van der Waals surface area contributed by atoms with Gasteiger partial charge in [-0.05, 0) is 19.1 Å². The Kier molecular flexibility index (Phi) is 4.74. The molecule has 2 aromatic carbocycles. The number of halogens is 1. The van der Waals surface area contributed by atoms with Crippen molar-refractivity contribution >= 4 is 29.1 Å². The summed E-state index contributed by atoms with van der Waals surface area (Å²) in [5, 5.41) is 7.07. The number of hydrogen-bond donors (Lipinski definition) is 2. The Labute approximate surface area is 140 Å². The monoisotopic (exact) mass is 324 g/mol. The zero-order chi connectivity index (χ0) is 16.1. The fourth-order valence-electron chi connectivity index (χ4n) is 2.21. The van der Waals surface area contributed by atoms with E-state index in [2.05, 4.69) is 20.6 Å². The highest BCUT2D eigenvalue weighted by Crippen LogP contribution is 2.27. The van der Waals surface area contributed by atoms with Gasteiger partial charge in [-0.1, -0.05) is 54.1 Å². The average molecular weight is 325 g/mol. The molecule has 0 amide bonds. The summed E-state index contributed by atoms with van der Waals surface area (Å²) in [6.07, 6.45) is 0. The fourth-order valence-corrected chi connectivity index (χ4v) is 2.39. The van der Waals surface area contributed by atoms with Crippen LogP contribution in [0.5, 0.6) is 0 Å². The molecule has 0 radical (unpaired) electrons. The Morgan fingerprint density at radius 2 is 1.70 bits per heavy atom. The van der Waals surface area contributed by atoms with Gasteiger partial charge in [0.2, 0.25) is 5.95 Å². The van der Waals surface area contributed by atoms with Gasteiger partial charge >= 0.3 is 0 Å². The number of nitrogens with one attached hydrogen (secondary N) is 2. The Balaban J connectivity index is 1.99. The van der Waals surface area contributed by atoms with Crippen LogP contribution in [0.2, 0.25) is 5.02 Å². The quantitative estimate of drug-likeness (QED) is 0.695. The molecule has 3 aromatic rings. The zero-order valence-corrected chi connectivity index (χ0v) is 13.5. The Morgan fingerprint density at radius 1 is 0.957 bits per heavy atom. The second-order valence-electron chi connectivity index (χ2n) is 4.96. The maximum absolute atomic E-state index is 6.21. The molecule has 2 N–H and O–H groups in total. The van der Waals surface area contributed by atoms with Crippen molar-refractivity contribution < 1.29 is 0 Å². The number of nitrogens with zero attached hydrogens (tertiary/aromatic N) is 2. The molecule has 0 unspecified atom stereocenters. The maximum atomic E-state index is 6.21. The van der Waals surface area contributed by atoms with Gasteiger partial charge in [-0.2, -0.15) is 4.98 Å². The fraction of sp³-hybridized carbons (Fsp3) is 0.111. The molecule has 0 aliphatic carbocycles. The summed E-state index contributed by atoms with van der Waals surface area (Å²) >= 11 is 6.21. The molecule has 1 aromatic heterocycles. The van der Waals surface area contributed by atoms with Crippen LogP contribution in [0, 0.1) is 0 Å². The lowest BCUT2D eigenvalue weighted by molar-refractivity contribution is 1.09. The molecular formula is C18H17ClN4. The predicted molar refractivity (Wildman–Crippen MR) is 96.4 cm³/mol. The molecule has 0 aliphatic rings. The van der Waals surface area contributed by atoms with Crippen LogP contribution < -0.4 is 10.6 Å². The molecule has 0 saturated heterocycles. The van der Waals surface area contributed by atoms with Crippen LogP contribution in [0.25, 0.3) is 11.3 Å². The van der Waals surface area contributed by atoms with Gasteiger partial charge in [-0.3, -0.25) is 0 Å². The molecular weight excluding hydrogens is 308 g/mol. The lowest BCUT2D eigenvalue weighted by Gasteiger charge is -2.11. The number of aromatic nitrogens is 2. The van der Waals surface area contributed by atoms with Crippen molar-refractivity contribution in [2.45, 2.75) is 6.92 Å². The van der Waals surface area contributed by atoms with Gasteiger partial charge in [0, 0.05) is 18.2 Å². The minimum absolute atomic E-state index is 0.586. The summed E-state index contributed by atoms with van der Waals surface area (Å²) in [5.41, 5.74) is 2.71. The molecule has 0 atom stereocenters. The molecule has 0 fully saturated rings. The van der Waals surface area contributed by atoms with Gasteiger partial charge in [0.15, 0.2) is 0 Å². The summed E-state index contributed by atoms with van der Waals surface area (Å²) in [6.45, 7) is 2.77. The molecule has 0 aliphatic heterocycles. The molecule has 0 bridgehead atoms. The van der Waals surface area contributed by atoms with Gasteiger partial charge in [-0.25, -0.2) is 4.98 Å². The third-order valence-electron chi connectivity index (χ3n) is 3.27. The lowest BCUT2D eigenvalue weighted by Crippen LogP contribution is -2.05. The van der Waals surface area contributed by atoms with Crippen LogP contribution in [-0.4, -0.2) is 16.5 Å². The van der Waals surface area contributed by atoms with Gasteiger partial charge in [-0.15, -0.1) is 0 Å². The topological polar surface area (TPSA) is 49.8 Å². The molecule has 23 heavy (non-hydrogen) atoms. The number of para-hydroxylation sites is 1. The summed E-state index contributed by atoms with van der Waals surface area (Å²) in [5.74, 6) is 1.28. The average Bonchev–Trinajstić information content (AvgIpc) is 2.58. The minimum Gasteiger partial charge on any atom is -0.354 e. The lowest BCUT2D eigenvalue weighted by atomic mass is 10.1. The highest BCUT2D eigenvalue weighted by Gasteiger charge is 2.08. The van der Waals surface area contributed by atoms with E-state index in [1.54, 1.807) is 0 Å². The van der Waals surface area contributed by atoms with E-state index in [0.717, 1.165) is 23.5 Å². The van der Waals surface area contributed by atoms with Crippen molar-refractivity contribution in [3.63, 3.8) is 0 Å². The third kappa shape index (κ3) is 3.79. The Bertz CT molecular complexity index is 790. The van der Waals surface area contributed by atoms with Crippen LogP contribution in [0.1, 0.15) is 6.92 Å². The molecule has 3 rings (SSSR count). The molecule has 4 nitrogen and oxygen atoms in total. The number of benzene rings is 2. The van der Waals surface area contributed by atoms with E-state index in [0.29, 0.717) is 16.8 Å². The SMILES string of the molecule is CCNc1nc(Nc2ccccc2Cl)cc(-c2ccccc2)n1. The van der Waals surface area contributed by atoms with Crippen molar-refractivity contribution in [2.75, 3.05) is 17.2 Å². The maximum Gasteiger partial charge on any atom is 0.225 e. The minimum atomic E-state index is 0.586. The van der Waals surface area contributed by atoms with Crippen LogP contribution in [0.3, 0.4) is 0 Å². The first-order valence-electron chi connectivity index (χ1n) is 7.46. The van der Waals surface area contributed by atoms with Crippen molar-refractivity contribution in [3.8, 4) is 11.3 Å². The first-order chi connectivity index (χ1) is 11.3. The summed E-state index contributed by atoms with van der Waals surface area (Å²) in [6, 6.07) is 19.5. The van der Waals surface area contributed by atoms with Crippen molar-refractivity contribution in [3.05, 3.63) is 65.7 Å². The zero-order valence-electron chi connectivity index (χ0n) is 12.8. The van der Waals surface area contributed by atoms with Crippen molar-refractivity contribution in [2.24, 2.45) is 0 Å². The van der Waals surface area contributed by atoms with Gasteiger partial charge in [0.05, 0.1) is 16.4 Å². The number of hydrogen-bond acceptors (Lipinski definition) is 4. The summed E-state index contributed by atoms with van der Waals surface area (Å²) in [7, 11) is 0. The normalized spacial score (nSPS) is 10.3. The Hall–Kier alpha value is -2.59. The van der Waals surface area contributed by atoms with Gasteiger partial charge in [0.25, 0.3) is 0 Å². The van der Waals surface area contributed by atoms with Crippen LogP contribution in [-0.2, 0) is 0 Å². The standard InChI is InChI=1S/C18H17ClN4/c1-2-20-18-22-16(13-8-4-3-5-9-13)12-17(23-18)21-15-11-7-6-10-14(15)19/h3-12H,2H2,1H3,(H2,20,21,22,23). The smallest absolute Gasteiger partial charge is 0.225 e. The summed E-state index contributed by atoms with van der Waals surface area (Å²) in [4.78, 5) is 9.06. The van der Waals surface area contributed by atoms with Crippen molar-refractivity contribution in [1.82, 2.24) is 9.97 Å². The first kappa shape index (κ1) is 15.3. The molecule has 1 heterocycles. The van der Waals surface area contributed by atoms with E-state index in [9.17, 15) is 0 Å². The highest BCUT2D eigenvalue weighted by molar-refractivity contribution is 6.33. The van der Waals surface area contributed by atoms with Crippen LogP contribution in [0.4, 0.5) is 17.5 Å². The van der Waals surface area contributed by atoms with Crippen LogP contribution in [0.15, 0.2) is 60.7 Å². The van der Waals surface area contributed by atoms with Gasteiger partial charge < -0.3 is 10.6 Å². The first-order valence-corrected chi connectivity index (χ1v) is 7.84. The predicted octanol–water partition coefficient (Wildman–Crippen LogP) is 4.97. The van der Waals surface area contributed by atoms with Crippen LogP contribution >= 0.6 is 11.6 Å².